The zero-order valence-corrected chi connectivity index (χ0v) is 11.6. The van der Waals surface area contributed by atoms with Gasteiger partial charge in [0.05, 0.1) is 18.1 Å². The Kier molecular flexibility index (Phi) is 5.16. The number of nitrogens with one attached hydrogen (secondary N) is 2. The van der Waals surface area contributed by atoms with Crippen molar-refractivity contribution in [3.05, 3.63) is 22.6 Å². The van der Waals surface area contributed by atoms with Crippen molar-refractivity contribution in [2.45, 2.75) is 6.42 Å². The van der Waals surface area contributed by atoms with Crippen LogP contribution in [0.4, 0.5) is 0 Å². The van der Waals surface area contributed by atoms with Crippen molar-refractivity contribution in [2.75, 3.05) is 19.3 Å². The lowest BCUT2D eigenvalue weighted by atomic mass is 10.3. The van der Waals surface area contributed by atoms with Crippen molar-refractivity contribution in [1.82, 2.24) is 10.0 Å². The number of hydrogen-bond donors (Lipinski definition) is 2. The van der Waals surface area contributed by atoms with E-state index in [1.807, 2.05) is 0 Å². The smallest absolute Gasteiger partial charge is 0.255 e. The molecule has 0 radical (unpaired) electrons. The maximum Gasteiger partial charge on any atom is 0.255 e. The minimum atomic E-state index is -3.16. The van der Waals surface area contributed by atoms with Crippen molar-refractivity contribution in [3.8, 4) is 0 Å². The molecule has 1 heterocycles. The van der Waals surface area contributed by atoms with Gasteiger partial charge in [0, 0.05) is 13.1 Å². The molecule has 8 heteroatoms. The van der Waals surface area contributed by atoms with Crippen LogP contribution in [-0.4, -0.2) is 33.7 Å². The maximum absolute atomic E-state index is 11.5. The first-order valence-corrected chi connectivity index (χ1v) is 7.54. The highest BCUT2D eigenvalue weighted by Crippen LogP contribution is 2.16. The number of rotatable bonds is 6. The predicted molar refractivity (Wildman–Crippen MR) is 66.2 cm³/mol. The Morgan fingerprint density at radius 2 is 2.18 bits per heavy atom. The SMILES string of the molecule is CS(=O)(=O)NCCCNC(=O)c1ccoc1Br. The predicted octanol–water partition coefficient (Wildman–Crippen LogP) is 0.711. The first kappa shape index (κ1) is 14.2. The van der Waals surface area contributed by atoms with Crippen molar-refractivity contribution < 1.29 is 17.6 Å². The molecule has 0 aliphatic carbocycles. The number of hydrogen-bond acceptors (Lipinski definition) is 4. The van der Waals surface area contributed by atoms with Crippen LogP contribution in [-0.2, 0) is 10.0 Å². The second-order valence-corrected chi connectivity index (χ2v) is 5.94. The summed E-state index contributed by atoms with van der Waals surface area (Å²) in [5.41, 5.74) is 0.418. The Morgan fingerprint density at radius 3 is 2.71 bits per heavy atom. The molecule has 0 bridgehead atoms. The topological polar surface area (TPSA) is 88.4 Å². The number of carbonyl (C=O) groups is 1. The number of halogens is 1. The molecule has 1 aromatic heterocycles. The molecule has 1 aromatic rings. The molecule has 0 aromatic carbocycles. The van der Waals surface area contributed by atoms with E-state index in [1.165, 1.54) is 6.26 Å². The fraction of sp³-hybridized carbons (Fsp3) is 0.444. The highest BCUT2D eigenvalue weighted by atomic mass is 79.9. The summed E-state index contributed by atoms with van der Waals surface area (Å²) in [4.78, 5) is 11.5. The van der Waals surface area contributed by atoms with Gasteiger partial charge in [-0.15, -0.1) is 0 Å². The molecule has 1 rings (SSSR count). The van der Waals surface area contributed by atoms with E-state index in [1.54, 1.807) is 6.07 Å². The Balaban J connectivity index is 2.24. The summed E-state index contributed by atoms with van der Waals surface area (Å²) in [6, 6.07) is 1.55. The summed E-state index contributed by atoms with van der Waals surface area (Å²) in [5.74, 6) is -0.259. The number of amides is 1. The van der Waals surface area contributed by atoms with Crippen molar-refractivity contribution in [2.24, 2.45) is 0 Å². The molecule has 0 atom stereocenters. The van der Waals surface area contributed by atoms with Gasteiger partial charge in [0.2, 0.25) is 10.0 Å². The van der Waals surface area contributed by atoms with Crippen LogP contribution in [0.2, 0.25) is 0 Å². The third kappa shape index (κ3) is 5.33. The Labute approximate surface area is 108 Å². The monoisotopic (exact) mass is 324 g/mol. The van der Waals surface area contributed by atoms with E-state index in [2.05, 4.69) is 26.0 Å². The lowest BCUT2D eigenvalue weighted by Gasteiger charge is -2.04. The maximum atomic E-state index is 11.5. The van der Waals surface area contributed by atoms with Crippen LogP contribution in [0.1, 0.15) is 16.8 Å². The lowest BCUT2D eigenvalue weighted by Crippen LogP contribution is -2.29. The van der Waals surface area contributed by atoms with Gasteiger partial charge in [0.15, 0.2) is 4.67 Å². The normalized spacial score (nSPS) is 11.4. The van der Waals surface area contributed by atoms with Crippen LogP contribution in [0.15, 0.2) is 21.4 Å². The van der Waals surface area contributed by atoms with Gasteiger partial charge >= 0.3 is 0 Å². The second kappa shape index (κ2) is 6.18. The van der Waals surface area contributed by atoms with Gasteiger partial charge < -0.3 is 9.73 Å². The van der Waals surface area contributed by atoms with Crippen LogP contribution < -0.4 is 10.0 Å². The quantitative estimate of drug-likeness (QED) is 0.754. The van der Waals surface area contributed by atoms with Crippen LogP contribution >= 0.6 is 15.9 Å². The molecule has 0 spiro atoms. The van der Waals surface area contributed by atoms with Gasteiger partial charge in [-0.25, -0.2) is 13.1 Å². The molecule has 6 nitrogen and oxygen atoms in total. The summed E-state index contributed by atoms with van der Waals surface area (Å²) in [7, 11) is -3.16. The highest BCUT2D eigenvalue weighted by Gasteiger charge is 2.11. The van der Waals surface area contributed by atoms with E-state index >= 15 is 0 Å². The lowest BCUT2D eigenvalue weighted by molar-refractivity contribution is 0.0951. The van der Waals surface area contributed by atoms with Crippen LogP contribution in [0, 0.1) is 0 Å². The molecule has 0 aliphatic heterocycles. The number of furan rings is 1. The zero-order valence-electron chi connectivity index (χ0n) is 9.20. The summed E-state index contributed by atoms with van der Waals surface area (Å²) < 4.78 is 29.1. The summed E-state index contributed by atoms with van der Waals surface area (Å²) in [6.45, 7) is 0.685. The van der Waals surface area contributed by atoms with Crippen LogP contribution in [0.25, 0.3) is 0 Å². The van der Waals surface area contributed by atoms with Crippen molar-refractivity contribution in [3.63, 3.8) is 0 Å². The van der Waals surface area contributed by atoms with E-state index in [4.69, 9.17) is 4.42 Å². The molecular formula is C9H13BrN2O4S. The minimum Gasteiger partial charge on any atom is -0.457 e. The van der Waals surface area contributed by atoms with E-state index in [-0.39, 0.29) is 5.91 Å². The van der Waals surface area contributed by atoms with Gasteiger partial charge in [0.25, 0.3) is 5.91 Å². The fourth-order valence-electron chi connectivity index (χ4n) is 1.10. The van der Waals surface area contributed by atoms with Crippen LogP contribution in [0.3, 0.4) is 0 Å². The largest absolute Gasteiger partial charge is 0.457 e. The molecule has 0 aliphatic rings. The first-order chi connectivity index (χ1) is 7.90. The van der Waals surface area contributed by atoms with E-state index in [0.29, 0.717) is 29.7 Å². The third-order valence-corrected chi connectivity index (χ3v) is 3.21. The van der Waals surface area contributed by atoms with E-state index in [9.17, 15) is 13.2 Å². The highest BCUT2D eigenvalue weighted by molar-refractivity contribution is 9.10. The second-order valence-electron chi connectivity index (χ2n) is 3.38. The Bertz CT molecular complexity index is 483. The van der Waals surface area contributed by atoms with Gasteiger partial charge in [-0.2, -0.15) is 0 Å². The van der Waals surface area contributed by atoms with E-state index < -0.39 is 10.0 Å². The summed E-state index contributed by atoms with van der Waals surface area (Å²) in [6.07, 6.45) is 3.02. The molecule has 0 unspecified atom stereocenters. The van der Waals surface area contributed by atoms with Gasteiger partial charge in [-0.1, -0.05) is 0 Å². The first-order valence-electron chi connectivity index (χ1n) is 4.86. The average Bonchev–Trinajstić information content (AvgIpc) is 2.62. The molecule has 2 N–H and O–H groups in total. The molecule has 96 valence electrons. The average molecular weight is 325 g/mol. The summed E-state index contributed by atoms with van der Waals surface area (Å²) >= 11 is 3.10. The fourth-order valence-corrected chi connectivity index (χ4v) is 2.03. The number of carbonyl (C=O) groups excluding carboxylic acids is 1. The molecular weight excluding hydrogens is 312 g/mol. The third-order valence-electron chi connectivity index (χ3n) is 1.87. The summed E-state index contributed by atoms with van der Waals surface area (Å²) in [5, 5.41) is 2.65. The minimum absolute atomic E-state index is 0.259. The van der Waals surface area contributed by atoms with Crippen LogP contribution in [0.5, 0.6) is 0 Å². The van der Waals surface area contributed by atoms with Gasteiger partial charge in [-0.3, -0.25) is 4.79 Å². The standard InChI is InChI=1S/C9H13BrN2O4S/c1-17(14,15)12-5-2-4-11-9(13)7-3-6-16-8(7)10/h3,6,12H,2,4-5H2,1H3,(H,11,13). The Morgan fingerprint density at radius 1 is 1.47 bits per heavy atom. The molecule has 0 fully saturated rings. The van der Waals surface area contributed by atoms with Gasteiger partial charge in [-0.05, 0) is 28.4 Å². The van der Waals surface area contributed by atoms with E-state index in [0.717, 1.165) is 6.26 Å². The zero-order chi connectivity index (χ0) is 12.9. The number of sulfonamides is 1. The molecule has 17 heavy (non-hydrogen) atoms. The van der Waals surface area contributed by atoms with Crippen molar-refractivity contribution in [1.29, 1.82) is 0 Å². The van der Waals surface area contributed by atoms with Crippen molar-refractivity contribution >= 4 is 31.9 Å². The Hall–Kier alpha value is -0.860. The molecule has 0 saturated heterocycles. The molecule has 0 saturated carbocycles. The van der Waals surface area contributed by atoms with Gasteiger partial charge in [0.1, 0.15) is 0 Å². The molecule has 1 amide bonds.